The molecule has 0 bridgehead atoms. The van der Waals surface area contributed by atoms with Gasteiger partial charge < -0.3 is 20.3 Å². The molecule has 0 saturated heterocycles. The maximum atomic E-state index is 12.6. The average molecular weight is 387 g/mol. The molecular formula is C23H21N3O3. The number of hydrogen-bond donors (Lipinski definition) is 2. The van der Waals surface area contributed by atoms with Crippen LogP contribution in [0.3, 0.4) is 0 Å². The molecule has 1 unspecified atom stereocenters. The Morgan fingerprint density at radius 3 is 2.55 bits per heavy atom. The van der Waals surface area contributed by atoms with Crippen molar-refractivity contribution in [2.45, 2.75) is 6.10 Å². The van der Waals surface area contributed by atoms with E-state index in [-0.39, 0.29) is 11.8 Å². The van der Waals surface area contributed by atoms with Crippen LogP contribution in [0.1, 0.15) is 22.0 Å². The summed E-state index contributed by atoms with van der Waals surface area (Å²) in [5.41, 5.74) is 3.39. The van der Waals surface area contributed by atoms with E-state index >= 15 is 0 Å². The lowest BCUT2D eigenvalue weighted by Crippen LogP contribution is -2.30. The lowest BCUT2D eigenvalue weighted by atomic mass is 10.1. The summed E-state index contributed by atoms with van der Waals surface area (Å²) in [7, 11) is 3.85. The van der Waals surface area contributed by atoms with Crippen molar-refractivity contribution in [2.24, 2.45) is 0 Å². The number of nitrogens with one attached hydrogen (secondary N) is 2. The predicted molar refractivity (Wildman–Crippen MR) is 114 cm³/mol. The van der Waals surface area contributed by atoms with Crippen molar-refractivity contribution < 1.29 is 14.3 Å². The van der Waals surface area contributed by atoms with Gasteiger partial charge in [-0.3, -0.25) is 9.59 Å². The lowest BCUT2D eigenvalue weighted by Gasteiger charge is -2.26. The van der Waals surface area contributed by atoms with E-state index in [1.807, 2.05) is 67.5 Å². The molecule has 0 radical (unpaired) electrons. The fourth-order valence-corrected chi connectivity index (χ4v) is 3.16. The van der Waals surface area contributed by atoms with Gasteiger partial charge in [0.1, 0.15) is 5.75 Å². The zero-order chi connectivity index (χ0) is 20.4. The second-order valence-corrected chi connectivity index (χ2v) is 7.01. The van der Waals surface area contributed by atoms with Crippen LogP contribution in [0.5, 0.6) is 5.75 Å². The number of benzene rings is 3. The maximum absolute atomic E-state index is 12.6. The standard InChI is InChI=1S/C23H21N3O3/c1-26(2)18-10-6-9-16(13-18)22(27)24-17-11-12-20-19(14-17)25-23(28)21(29-20)15-7-4-3-5-8-15/h3-14,21H,1-2H3,(H,24,27)(H,25,28). The SMILES string of the molecule is CN(C)c1cccc(C(=O)Nc2ccc3c(c2)NC(=O)C(c2ccccc2)O3)c1. The van der Waals surface area contributed by atoms with Crippen LogP contribution >= 0.6 is 0 Å². The monoisotopic (exact) mass is 387 g/mol. The Hall–Kier alpha value is -3.80. The minimum atomic E-state index is -0.696. The minimum Gasteiger partial charge on any atom is -0.474 e. The van der Waals surface area contributed by atoms with Gasteiger partial charge in [-0.05, 0) is 36.4 Å². The number of fused-ring (bicyclic) bond motifs is 1. The van der Waals surface area contributed by atoms with E-state index in [2.05, 4.69) is 10.6 Å². The molecule has 29 heavy (non-hydrogen) atoms. The fraction of sp³-hybridized carbons (Fsp3) is 0.130. The van der Waals surface area contributed by atoms with Gasteiger partial charge in [-0.25, -0.2) is 0 Å². The summed E-state index contributed by atoms with van der Waals surface area (Å²) < 4.78 is 5.89. The number of rotatable bonds is 4. The quantitative estimate of drug-likeness (QED) is 0.708. The summed E-state index contributed by atoms with van der Waals surface area (Å²) in [6, 6.07) is 21.9. The summed E-state index contributed by atoms with van der Waals surface area (Å²) >= 11 is 0. The van der Waals surface area contributed by atoms with Crippen molar-refractivity contribution in [3.05, 3.63) is 83.9 Å². The van der Waals surface area contributed by atoms with E-state index in [0.717, 1.165) is 11.3 Å². The van der Waals surface area contributed by atoms with Crippen LogP contribution in [0.15, 0.2) is 72.8 Å². The first kappa shape index (κ1) is 18.6. The van der Waals surface area contributed by atoms with Crippen molar-refractivity contribution in [3.63, 3.8) is 0 Å². The summed E-state index contributed by atoms with van der Waals surface area (Å²) in [6.45, 7) is 0. The highest BCUT2D eigenvalue weighted by Crippen LogP contribution is 2.36. The normalized spacial score (nSPS) is 15.0. The summed E-state index contributed by atoms with van der Waals surface area (Å²) in [4.78, 5) is 27.0. The molecule has 1 aliphatic heterocycles. The van der Waals surface area contributed by atoms with E-state index in [0.29, 0.717) is 22.7 Å². The Morgan fingerprint density at radius 2 is 1.79 bits per heavy atom. The number of anilines is 3. The molecule has 3 aromatic rings. The highest BCUT2D eigenvalue weighted by molar-refractivity contribution is 6.06. The topological polar surface area (TPSA) is 70.7 Å². The molecule has 1 aliphatic rings. The van der Waals surface area contributed by atoms with Crippen LogP contribution in [0.2, 0.25) is 0 Å². The molecule has 2 N–H and O–H groups in total. The summed E-state index contributed by atoms with van der Waals surface area (Å²) in [5, 5.41) is 5.73. The third kappa shape index (κ3) is 3.91. The molecular weight excluding hydrogens is 366 g/mol. The van der Waals surface area contributed by atoms with E-state index in [1.54, 1.807) is 24.3 Å². The van der Waals surface area contributed by atoms with E-state index in [9.17, 15) is 9.59 Å². The van der Waals surface area contributed by atoms with E-state index in [1.165, 1.54) is 0 Å². The van der Waals surface area contributed by atoms with Gasteiger partial charge in [0.05, 0.1) is 5.69 Å². The highest BCUT2D eigenvalue weighted by atomic mass is 16.5. The largest absolute Gasteiger partial charge is 0.474 e. The van der Waals surface area contributed by atoms with Crippen molar-refractivity contribution in [3.8, 4) is 5.75 Å². The Labute approximate surface area is 169 Å². The van der Waals surface area contributed by atoms with Crippen LogP contribution in [0.4, 0.5) is 17.1 Å². The average Bonchev–Trinajstić information content (AvgIpc) is 2.74. The smallest absolute Gasteiger partial charge is 0.270 e. The second-order valence-electron chi connectivity index (χ2n) is 7.01. The Morgan fingerprint density at radius 1 is 1.00 bits per heavy atom. The van der Waals surface area contributed by atoms with E-state index in [4.69, 9.17) is 4.74 Å². The highest BCUT2D eigenvalue weighted by Gasteiger charge is 2.29. The van der Waals surface area contributed by atoms with Crippen LogP contribution in [0, 0.1) is 0 Å². The molecule has 3 aromatic carbocycles. The summed E-state index contributed by atoms with van der Waals surface area (Å²) in [5.74, 6) is 0.0933. The molecule has 0 spiro atoms. The molecule has 2 amide bonds. The van der Waals surface area contributed by atoms with Crippen molar-refractivity contribution >= 4 is 28.9 Å². The molecule has 0 saturated carbocycles. The molecule has 4 rings (SSSR count). The van der Waals surface area contributed by atoms with Gasteiger partial charge in [0.15, 0.2) is 0 Å². The van der Waals surface area contributed by atoms with Gasteiger partial charge in [-0.15, -0.1) is 0 Å². The van der Waals surface area contributed by atoms with Crippen molar-refractivity contribution in [2.75, 3.05) is 29.6 Å². The third-order valence-corrected chi connectivity index (χ3v) is 4.71. The van der Waals surface area contributed by atoms with Gasteiger partial charge in [0.25, 0.3) is 11.8 Å². The Bertz CT molecular complexity index is 1060. The van der Waals surface area contributed by atoms with Gasteiger partial charge in [0, 0.05) is 36.6 Å². The van der Waals surface area contributed by atoms with E-state index < -0.39 is 6.10 Å². The molecule has 146 valence electrons. The molecule has 0 fully saturated rings. The minimum absolute atomic E-state index is 0.223. The molecule has 6 heteroatoms. The van der Waals surface area contributed by atoms with Crippen LogP contribution < -0.4 is 20.3 Å². The third-order valence-electron chi connectivity index (χ3n) is 4.71. The fourth-order valence-electron chi connectivity index (χ4n) is 3.16. The first-order chi connectivity index (χ1) is 14.0. The van der Waals surface area contributed by atoms with Gasteiger partial charge in [0.2, 0.25) is 6.10 Å². The van der Waals surface area contributed by atoms with Gasteiger partial charge in [-0.2, -0.15) is 0 Å². The first-order valence-corrected chi connectivity index (χ1v) is 9.26. The number of ether oxygens (including phenoxy) is 1. The number of carbonyl (C=O) groups excluding carboxylic acids is 2. The number of carbonyl (C=O) groups is 2. The Kier molecular flexibility index (Phi) is 4.91. The van der Waals surface area contributed by atoms with Crippen LogP contribution in [0.25, 0.3) is 0 Å². The summed E-state index contributed by atoms with van der Waals surface area (Å²) in [6.07, 6.45) is -0.696. The van der Waals surface area contributed by atoms with Crippen molar-refractivity contribution in [1.29, 1.82) is 0 Å². The number of hydrogen-bond acceptors (Lipinski definition) is 4. The van der Waals surface area contributed by atoms with Gasteiger partial charge >= 0.3 is 0 Å². The van der Waals surface area contributed by atoms with Crippen LogP contribution in [-0.2, 0) is 4.79 Å². The lowest BCUT2D eigenvalue weighted by molar-refractivity contribution is -0.123. The van der Waals surface area contributed by atoms with Crippen LogP contribution in [-0.4, -0.2) is 25.9 Å². The Balaban J connectivity index is 1.52. The molecule has 1 heterocycles. The molecule has 6 nitrogen and oxygen atoms in total. The van der Waals surface area contributed by atoms with Gasteiger partial charge in [-0.1, -0.05) is 36.4 Å². The number of nitrogens with zero attached hydrogens (tertiary/aromatic N) is 1. The zero-order valence-corrected chi connectivity index (χ0v) is 16.2. The van der Waals surface area contributed by atoms with Crippen molar-refractivity contribution in [1.82, 2.24) is 0 Å². The zero-order valence-electron chi connectivity index (χ0n) is 16.2. The first-order valence-electron chi connectivity index (χ1n) is 9.26. The number of amides is 2. The maximum Gasteiger partial charge on any atom is 0.270 e. The molecule has 0 aliphatic carbocycles. The predicted octanol–water partition coefficient (Wildman–Crippen LogP) is 4.08. The molecule has 1 atom stereocenters. The molecule has 0 aromatic heterocycles. The second kappa shape index (κ2) is 7.67.